The van der Waals surface area contributed by atoms with Crippen LogP contribution in [-0.4, -0.2) is 39.2 Å². The van der Waals surface area contributed by atoms with Gasteiger partial charge in [-0.1, -0.05) is 72.8 Å². The van der Waals surface area contributed by atoms with E-state index in [0.717, 1.165) is 49.7 Å². The van der Waals surface area contributed by atoms with Crippen LogP contribution in [0.15, 0.2) is 116 Å². The number of nitrogens with one attached hydrogen (secondary N) is 1. The Hall–Kier alpha value is -5.27. The van der Waals surface area contributed by atoms with Crippen LogP contribution in [0.25, 0.3) is 44.7 Å². The lowest BCUT2D eigenvalue weighted by Gasteiger charge is -2.10. The van der Waals surface area contributed by atoms with Crippen molar-refractivity contribution in [2.24, 2.45) is 5.73 Å². The second-order valence-corrected chi connectivity index (χ2v) is 9.85. The van der Waals surface area contributed by atoms with E-state index in [1.54, 1.807) is 10.8 Å². The number of hydrogen-bond acceptors (Lipinski definition) is 5. The lowest BCUT2D eigenvalue weighted by molar-refractivity contribution is -0.148. The Labute approximate surface area is 236 Å². The summed E-state index contributed by atoms with van der Waals surface area (Å²) >= 11 is 0. The number of rotatable bonds is 9. The summed E-state index contributed by atoms with van der Waals surface area (Å²) in [6.45, 7) is -0.394. The molecule has 2 heterocycles. The van der Waals surface area contributed by atoms with Crippen LogP contribution in [-0.2, 0) is 20.7 Å². The van der Waals surface area contributed by atoms with E-state index in [-0.39, 0.29) is 5.78 Å². The molecule has 0 unspecified atom stereocenters. The second-order valence-electron chi connectivity index (χ2n) is 9.85. The lowest BCUT2D eigenvalue weighted by atomic mass is 10.0. The third-order valence-electron chi connectivity index (χ3n) is 7.01. The van der Waals surface area contributed by atoms with Gasteiger partial charge in [0.05, 0.1) is 11.4 Å². The van der Waals surface area contributed by atoms with Crippen LogP contribution >= 0.6 is 0 Å². The molecule has 4 aromatic carbocycles. The highest BCUT2D eigenvalue weighted by atomic mass is 16.5. The fraction of sp³-hybridized carbons (Fsp3) is 0.0882. The van der Waals surface area contributed by atoms with E-state index in [4.69, 9.17) is 15.6 Å². The van der Waals surface area contributed by atoms with Crippen molar-refractivity contribution >= 4 is 39.5 Å². The normalized spacial score (nSPS) is 12.2. The standard InChI is InChI=1S/C34H28N4O3/c35-31(19-27-20-36-32-13-7-6-12-30(27)32)34(40)41-22-29(39)17-16-26-21-38(28-10-2-1-3-11-28)37-33(26)25-15-14-23-8-4-5-9-24(23)18-25/h1-18,20-21,31,36H,19,22,35H2/b17-16+/t31-/m1/s1. The number of H-pyrrole nitrogens is 1. The number of benzene rings is 4. The smallest absolute Gasteiger partial charge is 0.323 e. The maximum atomic E-state index is 12.7. The van der Waals surface area contributed by atoms with Crippen molar-refractivity contribution in [1.82, 2.24) is 14.8 Å². The molecule has 2 aromatic heterocycles. The SMILES string of the molecule is N[C@H](Cc1c[nH]c2ccccc12)C(=O)OCC(=O)/C=C/c1cn(-c2ccccc2)nc1-c1ccc2ccccc2c1. The molecule has 0 saturated carbocycles. The number of aromatic nitrogens is 3. The second kappa shape index (κ2) is 11.5. The first-order chi connectivity index (χ1) is 20.0. The van der Waals surface area contributed by atoms with Gasteiger partial charge in [0.1, 0.15) is 6.04 Å². The lowest BCUT2D eigenvalue weighted by Crippen LogP contribution is -2.35. The zero-order chi connectivity index (χ0) is 28.2. The molecule has 0 amide bonds. The molecular formula is C34H28N4O3. The third-order valence-corrected chi connectivity index (χ3v) is 7.01. The van der Waals surface area contributed by atoms with Crippen LogP contribution in [0, 0.1) is 0 Å². The Morgan fingerprint density at radius 3 is 2.54 bits per heavy atom. The molecule has 6 rings (SSSR count). The number of nitrogens with two attached hydrogens (primary N) is 1. The van der Waals surface area contributed by atoms with Crippen LogP contribution in [0.2, 0.25) is 0 Å². The van der Waals surface area contributed by atoms with E-state index in [9.17, 15) is 9.59 Å². The van der Waals surface area contributed by atoms with Gasteiger partial charge in [-0.05, 0) is 52.8 Å². The number of nitrogens with zero attached hydrogens (tertiary/aromatic N) is 2. The summed E-state index contributed by atoms with van der Waals surface area (Å²) in [5.41, 5.74) is 11.3. The first kappa shape index (κ1) is 26.0. The van der Waals surface area contributed by atoms with Crippen LogP contribution in [0.3, 0.4) is 0 Å². The summed E-state index contributed by atoms with van der Waals surface area (Å²) in [4.78, 5) is 28.4. The molecule has 0 aliphatic heterocycles. The molecule has 0 fully saturated rings. The van der Waals surface area contributed by atoms with Crippen LogP contribution in [0.5, 0.6) is 0 Å². The number of hydrogen-bond donors (Lipinski definition) is 2. The van der Waals surface area contributed by atoms with Gasteiger partial charge < -0.3 is 15.5 Å². The highest BCUT2D eigenvalue weighted by Gasteiger charge is 2.19. The Bertz CT molecular complexity index is 1880. The minimum absolute atomic E-state index is 0.306. The molecule has 0 saturated heterocycles. The zero-order valence-electron chi connectivity index (χ0n) is 22.2. The van der Waals surface area contributed by atoms with E-state index < -0.39 is 18.6 Å². The fourth-order valence-corrected chi connectivity index (χ4v) is 4.88. The number of para-hydroxylation sites is 2. The van der Waals surface area contributed by atoms with Gasteiger partial charge in [-0.25, -0.2) is 4.68 Å². The van der Waals surface area contributed by atoms with E-state index in [1.807, 2.05) is 85.2 Å². The maximum absolute atomic E-state index is 12.7. The number of fused-ring (bicyclic) bond motifs is 2. The van der Waals surface area contributed by atoms with Gasteiger partial charge in [-0.3, -0.25) is 9.59 Å². The molecular weight excluding hydrogens is 512 g/mol. The minimum atomic E-state index is -0.880. The number of esters is 1. The molecule has 3 N–H and O–H groups in total. The van der Waals surface area contributed by atoms with Gasteiger partial charge in [0.15, 0.2) is 12.4 Å². The van der Waals surface area contributed by atoms with Gasteiger partial charge in [0.25, 0.3) is 0 Å². The molecule has 0 spiro atoms. The Kier molecular flexibility index (Phi) is 7.26. The third kappa shape index (κ3) is 5.71. The molecule has 6 aromatic rings. The van der Waals surface area contributed by atoms with E-state index in [1.165, 1.54) is 6.08 Å². The Morgan fingerprint density at radius 2 is 1.68 bits per heavy atom. The van der Waals surface area contributed by atoms with Crippen LogP contribution < -0.4 is 5.73 Å². The van der Waals surface area contributed by atoms with Crippen LogP contribution in [0.1, 0.15) is 11.1 Å². The van der Waals surface area contributed by atoms with Crippen molar-refractivity contribution in [3.05, 3.63) is 127 Å². The maximum Gasteiger partial charge on any atom is 0.323 e. The number of carbonyl (C=O) groups excluding carboxylic acids is 2. The number of ether oxygens (including phenoxy) is 1. The predicted octanol–water partition coefficient (Wildman–Crippen LogP) is 5.87. The average Bonchev–Trinajstić information content (AvgIpc) is 3.63. The van der Waals surface area contributed by atoms with Crippen molar-refractivity contribution in [3.8, 4) is 16.9 Å². The highest BCUT2D eigenvalue weighted by Crippen LogP contribution is 2.28. The molecule has 0 radical (unpaired) electrons. The molecule has 0 aliphatic carbocycles. The largest absolute Gasteiger partial charge is 0.456 e. The van der Waals surface area contributed by atoms with Gasteiger partial charge in [-0.2, -0.15) is 5.10 Å². The van der Waals surface area contributed by atoms with Gasteiger partial charge >= 0.3 is 5.97 Å². The van der Waals surface area contributed by atoms with Gasteiger partial charge in [0, 0.05) is 40.8 Å². The molecule has 7 nitrogen and oxygen atoms in total. The van der Waals surface area contributed by atoms with Gasteiger partial charge in [0.2, 0.25) is 0 Å². The Morgan fingerprint density at radius 1 is 0.927 bits per heavy atom. The molecule has 0 aliphatic rings. The van der Waals surface area contributed by atoms with E-state index >= 15 is 0 Å². The number of ketones is 1. The van der Waals surface area contributed by atoms with Crippen molar-refractivity contribution in [3.63, 3.8) is 0 Å². The first-order valence-corrected chi connectivity index (χ1v) is 13.4. The van der Waals surface area contributed by atoms with E-state index in [2.05, 4.69) is 29.2 Å². The summed E-state index contributed by atoms with van der Waals surface area (Å²) in [6, 6.07) is 31.0. The molecule has 41 heavy (non-hydrogen) atoms. The summed E-state index contributed by atoms with van der Waals surface area (Å²) in [7, 11) is 0. The fourth-order valence-electron chi connectivity index (χ4n) is 4.88. The molecule has 0 bridgehead atoms. The van der Waals surface area contributed by atoms with E-state index in [0.29, 0.717) is 6.42 Å². The van der Waals surface area contributed by atoms with Crippen molar-refractivity contribution < 1.29 is 14.3 Å². The topological polar surface area (TPSA) is 103 Å². The highest BCUT2D eigenvalue weighted by molar-refractivity contribution is 5.97. The quantitative estimate of drug-likeness (QED) is 0.176. The van der Waals surface area contributed by atoms with Crippen molar-refractivity contribution in [1.29, 1.82) is 0 Å². The average molecular weight is 541 g/mol. The summed E-state index contributed by atoms with van der Waals surface area (Å²) in [6.07, 6.45) is 7.15. The van der Waals surface area contributed by atoms with Gasteiger partial charge in [-0.15, -0.1) is 0 Å². The Balaban J connectivity index is 1.17. The zero-order valence-corrected chi connectivity index (χ0v) is 22.2. The molecule has 202 valence electrons. The first-order valence-electron chi connectivity index (χ1n) is 13.4. The summed E-state index contributed by atoms with van der Waals surface area (Å²) in [5.74, 6) is -0.972. The number of carbonyl (C=O) groups is 2. The van der Waals surface area contributed by atoms with Crippen LogP contribution in [0.4, 0.5) is 0 Å². The summed E-state index contributed by atoms with van der Waals surface area (Å²) < 4.78 is 7.05. The molecule has 1 atom stereocenters. The predicted molar refractivity (Wildman–Crippen MR) is 161 cm³/mol. The van der Waals surface area contributed by atoms with Crippen molar-refractivity contribution in [2.75, 3.05) is 6.61 Å². The summed E-state index contributed by atoms with van der Waals surface area (Å²) in [5, 5.41) is 8.08. The van der Waals surface area contributed by atoms with Crippen molar-refractivity contribution in [2.45, 2.75) is 12.5 Å². The molecule has 7 heteroatoms. The monoisotopic (exact) mass is 540 g/mol. The minimum Gasteiger partial charge on any atom is -0.456 e. The number of aromatic amines is 1.